The number of aromatic nitrogens is 2. The Morgan fingerprint density at radius 2 is 1.70 bits per heavy atom. The van der Waals surface area contributed by atoms with Gasteiger partial charge < -0.3 is 30.0 Å². The number of carbonyl (C=O) groups excluding carboxylic acids is 1. The zero-order valence-electron chi connectivity index (χ0n) is 25.6. The summed E-state index contributed by atoms with van der Waals surface area (Å²) in [5, 5.41) is 16.4. The van der Waals surface area contributed by atoms with Crippen LogP contribution < -0.4 is 15.1 Å². The Hall–Kier alpha value is -3.85. The summed E-state index contributed by atoms with van der Waals surface area (Å²) in [5.74, 6) is 1.97. The number of phenols is 1. The van der Waals surface area contributed by atoms with Gasteiger partial charge in [-0.15, -0.1) is 0 Å². The first-order valence-electron chi connectivity index (χ1n) is 16.1. The van der Waals surface area contributed by atoms with Crippen LogP contribution in [-0.4, -0.2) is 88.7 Å². The quantitative estimate of drug-likeness (QED) is 0.401. The molecule has 1 saturated carbocycles. The minimum atomic E-state index is -0.0109. The molecular formula is C34H45N7O2. The lowest BCUT2D eigenvalue weighted by molar-refractivity contribution is -0.126. The highest BCUT2D eigenvalue weighted by atomic mass is 16.3. The van der Waals surface area contributed by atoms with Crippen LogP contribution in [0.1, 0.15) is 50.8 Å². The van der Waals surface area contributed by atoms with Gasteiger partial charge in [0.25, 0.3) is 0 Å². The molecular weight excluding hydrogens is 538 g/mol. The highest BCUT2D eigenvalue weighted by molar-refractivity contribution is 5.95. The van der Waals surface area contributed by atoms with Crippen LogP contribution in [0.25, 0.3) is 10.8 Å². The van der Waals surface area contributed by atoms with E-state index in [1.54, 1.807) is 0 Å². The Balaban J connectivity index is 0.00000161. The second-order valence-electron chi connectivity index (χ2n) is 11.9. The first kappa shape index (κ1) is 29.2. The second kappa shape index (κ2) is 12.8. The van der Waals surface area contributed by atoms with Gasteiger partial charge in [-0.3, -0.25) is 4.79 Å². The number of nitrogens with zero attached hydrogens (tertiary/aromatic N) is 6. The lowest BCUT2D eigenvalue weighted by atomic mass is 10.0. The van der Waals surface area contributed by atoms with Crippen LogP contribution in [0, 0.1) is 0 Å². The van der Waals surface area contributed by atoms with Gasteiger partial charge >= 0.3 is 0 Å². The third-order valence-electron chi connectivity index (χ3n) is 9.20. The summed E-state index contributed by atoms with van der Waals surface area (Å²) >= 11 is 0. The Morgan fingerprint density at radius 3 is 2.42 bits per heavy atom. The second-order valence-corrected chi connectivity index (χ2v) is 11.9. The maximum absolute atomic E-state index is 12.2. The monoisotopic (exact) mass is 583 g/mol. The third-order valence-corrected chi connectivity index (χ3v) is 9.20. The van der Waals surface area contributed by atoms with E-state index < -0.39 is 0 Å². The van der Waals surface area contributed by atoms with Crippen molar-refractivity contribution < 1.29 is 9.90 Å². The SMILES string of the molecule is C=CC(=O)N1CCN(c2nc(NC3CCN(C4CC4)CC3)nc3c2CCN(c2cc(O)cc4ccccc24)C3)CC1.CC. The van der Waals surface area contributed by atoms with Gasteiger partial charge in [0.05, 0.1) is 12.2 Å². The molecule has 3 aliphatic heterocycles. The van der Waals surface area contributed by atoms with Crippen LogP contribution in [0.15, 0.2) is 49.1 Å². The minimum Gasteiger partial charge on any atom is -0.508 e. The van der Waals surface area contributed by atoms with Gasteiger partial charge in [-0.05, 0) is 49.6 Å². The molecule has 2 N–H and O–H groups in total. The zero-order valence-corrected chi connectivity index (χ0v) is 25.6. The predicted octanol–water partition coefficient (Wildman–Crippen LogP) is 4.80. The van der Waals surface area contributed by atoms with E-state index in [4.69, 9.17) is 9.97 Å². The van der Waals surface area contributed by atoms with E-state index in [1.807, 2.05) is 49.1 Å². The number of benzene rings is 2. The van der Waals surface area contributed by atoms with Crippen LogP contribution in [0.4, 0.5) is 17.5 Å². The molecule has 9 heteroatoms. The fourth-order valence-electron chi connectivity index (χ4n) is 6.78. The number of likely N-dealkylation sites (tertiary alicyclic amines) is 1. The summed E-state index contributed by atoms with van der Waals surface area (Å²) in [6, 6.07) is 13.1. The van der Waals surface area contributed by atoms with E-state index in [2.05, 4.69) is 32.7 Å². The fraction of sp³-hybridized carbons (Fsp3) is 0.500. The van der Waals surface area contributed by atoms with Gasteiger partial charge in [-0.25, -0.2) is 4.98 Å². The Kier molecular flexibility index (Phi) is 8.70. The van der Waals surface area contributed by atoms with Crippen LogP contribution in [0.5, 0.6) is 5.75 Å². The Labute approximate surface area is 255 Å². The highest BCUT2D eigenvalue weighted by Gasteiger charge is 2.33. The first-order valence-corrected chi connectivity index (χ1v) is 16.1. The average Bonchev–Trinajstić information content (AvgIpc) is 3.91. The highest BCUT2D eigenvalue weighted by Crippen LogP contribution is 2.36. The third kappa shape index (κ3) is 6.27. The van der Waals surface area contributed by atoms with Crippen LogP contribution in [0.2, 0.25) is 0 Å². The molecule has 43 heavy (non-hydrogen) atoms. The molecule has 0 spiro atoms. The molecule has 0 atom stereocenters. The van der Waals surface area contributed by atoms with Crippen LogP contribution >= 0.6 is 0 Å². The number of rotatable bonds is 6. The van der Waals surface area contributed by atoms with E-state index in [9.17, 15) is 9.90 Å². The minimum absolute atomic E-state index is 0.0109. The van der Waals surface area contributed by atoms with E-state index >= 15 is 0 Å². The van der Waals surface area contributed by atoms with Crippen molar-refractivity contribution >= 4 is 34.1 Å². The van der Waals surface area contributed by atoms with E-state index in [1.165, 1.54) is 24.5 Å². The molecule has 0 bridgehead atoms. The standard InChI is InChI=1S/C32H39N7O2.C2H6/c1-2-30(41)37-15-17-38(18-16-37)31-27-11-14-39(29-20-25(40)19-22-5-3-4-6-26(22)29)21-28(27)34-32(35-31)33-23-9-12-36(13-10-23)24-7-8-24;1-2/h2-6,19-20,23-24,40H,1,7-18,21H2,(H,33,34,35);1-2H3. The molecule has 4 aliphatic rings. The van der Waals surface area contributed by atoms with Gasteiger partial charge in [0.2, 0.25) is 11.9 Å². The molecule has 3 aromatic rings. The van der Waals surface area contributed by atoms with Gasteiger partial charge in [0.1, 0.15) is 11.6 Å². The molecule has 0 radical (unpaired) electrons. The lowest BCUT2D eigenvalue weighted by Crippen LogP contribution is -2.49. The average molecular weight is 584 g/mol. The number of phenolic OH excluding ortho intramolecular Hbond substituents is 1. The summed E-state index contributed by atoms with van der Waals surface area (Å²) in [7, 11) is 0. The number of nitrogens with one attached hydrogen (secondary N) is 1. The molecule has 1 amide bonds. The van der Waals surface area contributed by atoms with E-state index in [0.717, 1.165) is 86.0 Å². The molecule has 3 fully saturated rings. The summed E-state index contributed by atoms with van der Waals surface area (Å²) in [5.41, 5.74) is 3.27. The summed E-state index contributed by atoms with van der Waals surface area (Å²) < 4.78 is 0. The number of carbonyl (C=O) groups is 1. The smallest absolute Gasteiger partial charge is 0.246 e. The normalized spacial score (nSPS) is 19.4. The summed E-state index contributed by atoms with van der Waals surface area (Å²) in [6.45, 7) is 14.2. The zero-order chi connectivity index (χ0) is 29.9. The number of piperazine rings is 1. The van der Waals surface area contributed by atoms with Crippen molar-refractivity contribution in [3.8, 4) is 5.75 Å². The number of anilines is 3. The molecule has 1 aromatic heterocycles. The number of aromatic hydroxyl groups is 1. The molecule has 7 rings (SSSR count). The van der Waals surface area contributed by atoms with E-state index in [-0.39, 0.29) is 11.7 Å². The van der Waals surface area contributed by atoms with Gasteiger partial charge in [-0.1, -0.05) is 44.7 Å². The Morgan fingerprint density at radius 1 is 0.953 bits per heavy atom. The number of piperidine rings is 1. The van der Waals surface area contributed by atoms with Crippen molar-refractivity contribution in [2.24, 2.45) is 0 Å². The molecule has 1 aliphatic carbocycles. The van der Waals surface area contributed by atoms with Crippen molar-refractivity contribution in [2.75, 3.05) is 60.9 Å². The van der Waals surface area contributed by atoms with Crippen molar-refractivity contribution in [3.63, 3.8) is 0 Å². The maximum Gasteiger partial charge on any atom is 0.246 e. The molecule has 4 heterocycles. The molecule has 228 valence electrons. The van der Waals surface area contributed by atoms with Crippen LogP contribution in [0.3, 0.4) is 0 Å². The van der Waals surface area contributed by atoms with Gasteiger partial charge in [-0.2, -0.15) is 4.98 Å². The van der Waals surface area contributed by atoms with Crippen molar-refractivity contribution in [1.29, 1.82) is 0 Å². The van der Waals surface area contributed by atoms with Gasteiger partial charge in [0, 0.05) is 80.6 Å². The number of hydrogen-bond donors (Lipinski definition) is 2. The molecule has 0 unspecified atom stereocenters. The van der Waals surface area contributed by atoms with Crippen LogP contribution in [-0.2, 0) is 17.8 Å². The number of amides is 1. The number of hydrogen-bond acceptors (Lipinski definition) is 8. The fourth-order valence-corrected chi connectivity index (χ4v) is 6.78. The summed E-state index contributed by atoms with van der Waals surface area (Å²) in [6.07, 6.45) is 7.14. The lowest BCUT2D eigenvalue weighted by Gasteiger charge is -2.38. The number of fused-ring (bicyclic) bond motifs is 2. The largest absolute Gasteiger partial charge is 0.508 e. The van der Waals surface area contributed by atoms with Crippen molar-refractivity contribution in [3.05, 3.63) is 60.3 Å². The molecule has 2 aromatic carbocycles. The Bertz CT molecular complexity index is 1460. The van der Waals surface area contributed by atoms with Crippen molar-refractivity contribution in [1.82, 2.24) is 19.8 Å². The molecule has 2 saturated heterocycles. The first-order chi connectivity index (χ1) is 21.1. The summed E-state index contributed by atoms with van der Waals surface area (Å²) in [4.78, 5) is 31.6. The predicted molar refractivity (Wildman–Crippen MR) is 174 cm³/mol. The van der Waals surface area contributed by atoms with E-state index in [0.29, 0.717) is 31.6 Å². The topological polar surface area (TPSA) is 88.1 Å². The molecule has 9 nitrogen and oxygen atoms in total. The maximum atomic E-state index is 12.2. The van der Waals surface area contributed by atoms with Gasteiger partial charge in [0.15, 0.2) is 0 Å². The van der Waals surface area contributed by atoms with Crippen molar-refractivity contribution in [2.45, 2.75) is 64.6 Å².